The van der Waals surface area contributed by atoms with E-state index in [1.54, 1.807) is 0 Å². The molecule has 1 aromatic carbocycles. The van der Waals surface area contributed by atoms with Crippen LogP contribution in [0.1, 0.15) is 30.5 Å². The van der Waals surface area contributed by atoms with Gasteiger partial charge in [-0.25, -0.2) is 4.98 Å². The fourth-order valence-electron chi connectivity index (χ4n) is 4.89. The summed E-state index contributed by atoms with van der Waals surface area (Å²) < 4.78 is 0. The molecular formula is C26H28N4O. The van der Waals surface area contributed by atoms with Crippen molar-refractivity contribution >= 4 is 11.7 Å². The predicted molar refractivity (Wildman–Crippen MR) is 123 cm³/mol. The van der Waals surface area contributed by atoms with Crippen molar-refractivity contribution in [3.63, 3.8) is 0 Å². The van der Waals surface area contributed by atoms with Gasteiger partial charge < -0.3 is 0 Å². The number of aryl methyl sites for hydroxylation is 1. The number of carbonyl (C=O) groups is 1. The minimum Gasteiger partial charge on any atom is -0.297 e. The fraction of sp³-hybridized carbons (Fsp3) is 0.346. The normalized spacial score (nSPS) is 18.6. The number of pyridine rings is 2. The van der Waals surface area contributed by atoms with Crippen molar-refractivity contribution in [1.29, 1.82) is 0 Å². The average Bonchev–Trinajstić information content (AvgIpc) is 3.13. The number of aromatic nitrogens is 2. The monoisotopic (exact) mass is 412 g/mol. The Bertz CT molecular complexity index is 1060. The first kappa shape index (κ1) is 19.9. The first-order valence-corrected chi connectivity index (χ1v) is 11.1. The lowest BCUT2D eigenvalue weighted by molar-refractivity contribution is -0.128. The first-order valence-electron chi connectivity index (χ1n) is 11.1. The van der Waals surface area contributed by atoms with Gasteiger partial charge >= 0.3 is 0 Å². The zero-order chi connectivity index (χ0) is 21.3. The largest absolute Gasteiger partial charge is 0.297 e. The summed E-state index contributed by atoms with van der Waals surface area (Å²) in [6.45, 7) is 5.62. The second-order valence-electron chi connectivity index (χ2n) is 8.80. The van der Waals surface area contributed by atoms with Gasteiger partial charge in [0.05, 0.1) is 11.1 Å². The van der Waals surface area contributed by atoms with Gasteiger partial charge in [-0.2, -0.15) is 0 Å². The number of rotatable bonds is 4. The summed E-state index contributed by atoms with van der Waals surface area (Å²) in [7, 11) is 0. The van der Waals surface area contributed by atoms with E-state index in [4.69, 9.17) is 0 Å². The molecule has 0 unspecified atom stereocenters. The molecule has 31 heavy (non-hydrogen) atoms. The van der Waals surface area contributed by atoms with Gasteiger partial charge in [0.2, 0.25) is 5.91 Å². The maximum atomic E-state index is 13.4. The van der Waals surface area contributed by atoms with E-state index >= 15 is 0 Å². The summed E-state index contributed by atoms with van der Waals surface area (Å²) in [5.41, 5.74) is 4.36. The van der Waals surface area contributed by atoms with Crippen LogP contribution in [0, 0.1) is 12.3 Å². The molecule has 4 heterocycles. The number of nitrogens with zero attached hydrogens (tertiary/aromatic N) is 4. The van der Waals surface area contributed by atoms with Crippen LogP contribution in [-0.4, -0.2) is 40.4 Å². The molecule has 0 bridgehead atoms. The number of benzene rings is 1. The molecule has 0 saturated carbocycles. The van der Waals surface area contributed by atoms with Crippen molar-refractivity contribution in [1.82, 2.24) is 14.9 Å². The lowest BCUT2D eigenvalue weighted by Crippen LogP contribution is -2.44. The molecule has 0 atom stereocenters. The van der Waals surface area contributed by atoms with Gasteiger partial charge in [-0.1, -0.05) is 36.4 Å². The van der Waals surface area contributed by atoms with E-state index in [-0.39, 0.29) is 11.3 Å². The van der Waals surface area contributed by atoms with E-state index in [1.165, 1.54) is 5.56 Å². The quantitative estimate of drug-likeness (QED) is 0.634. The maximum Gasteiger partial charge on any atom is 0.234 e. The van der Waals surface area contributed by atoms with Gasteiger partial charge in [0, 0.05) is 31.0 Å². The number of anilines is 1. The van der Waals surface area contributed by atoms with Crippen LogP contribution < -0.4 is 4.90 Å². The predicted octanol–water partition coefficient (Wildman–Crippen LogP) is 4.47. The summed E-state index contributed by atoms with van der Waals surface area (Å²) in [5.74, 6) is 1.02. The third-order valence-corrected chi connectivity index (χ3v) is 6.95. The number of amides is 1. The number of likely N-dealkylation sites (tertiary alicyclic amines) is 1. The van der Waals surface area contributed by atoms with Gasteiger partial charge in [-0.15, -0.1) is 0 Å². The van der Waals surface area contributed by atoms with Crippen LogP contribution in [0.5, 0.6) is 0 Å². The highest BCUT2D eigenvalue weighted by atomic mass is 16.2. The molecule has 2 aliphatic rings. The van der Waals surface area contributed by atoms with Gasteiger partial charge in [0.15, 0.2) is 0 Å². The maximum absolute atomic E-state index is 13.4. The molecule has 1 spiro atoms. The van der Waals surface area contributed by atoms with Crippen LogP contribution in [0.15, 0.2) is 67.0 Å². The number of carbonyl (C=O) groups excluding carboxylic acids is 1. The topological polar surface area (TPSA) is 49.3 Å². The Morgan fingerprint density at radius 1 is 0.871 bits per heavy atom. The number of hydrogen-bond donors (Lipinski definition) is 0. The molecule has 3 aromatic rings. The van der Waals surface area contributed by atoms with Gasteiger partial charge in [-0.3, -0.25) is 19.6 Å². The molecule has 0 N–H and O–H groups in total. The number of piperidine rings is 1. The Balaban J connectivity index is 1.24. The minimum absolute atomic E-state index is 0.227. The lowest BCUT2D eigenvalue weighted by atomic mass is 9.77. The SMILES string of the molecule is Cc1cccnc1CN1CCC2(CC1)CCN(c1ccc(-c3ccccc3)cn1)C2=O. The zero-order valence-corrected chi connectivity index (χ0v) is 18.0. The zero-order valence-electron chi connectivity index (χ0n) is 18.0. The molecule has 5 rings (SSSR count). The van der Waals surface area contributed by atoms with E-state index in [0.717, 1.165) is 68.1 Å². The highest BCUT2D eigenvalue weighted by Crippen LogP contribution is 2.43. The fourth-order valence-corrected chi connectivity index (χ4v) is 4.89. The van der Waals surface area contributed by atoms with Gasteiger partial charge in [-0.05, 0) is 68.6 Å². The molecule has 158 valence electrons. The molecule has 1 amide bonds. The summed E-state index contributed by atoms with van der Waals surface area (Å²) in [4.78, 5) is 26.9. The molecule has 2 aromatic heterocycles. The van der Waals surface area contributed by atoms with Crippen molar-refractivity contribution in [2.24, 2.45) is 5.41 Å². The van der Waals surface area contributed by atoms with Gasteiger partial charge in [0.1, 0.15) is 5.82 Å². The molecular weight excluding hydrogens is 384 g/mol. The Labute approximate surface area is 183 Å². The van der Waals surface area contributed by atoms with E-state index in [2.05, 4.69) is 46.1 Å². The van der Waals surface area contributed by atoms with E-state index in [9.17, 15) is 4.79 Å². The second kappa shape index (κ2) is 8.23. The highest BCUT2D eigenvalue weighted by Gasteiger charge is 2.48. The van der Waals surface area contributed by atoms with Crippen LogP contribution in [0.4, 0.5) is 5.82 Å². The van der Waals surface area contributed by atoms with Crippen LogP contribution in [-0.2, 0) is 11.3 Å². The molecule has 2 saturated heterocycles. The summed E-state index contributed by atoms with van der Waals surface area (Å²) >= 11 is 0. The van der Waals surface area contributed by atoms with Crippen molar-refractivity contribution in [2.75, 3.05) is 24.5 Å². The molecule has 2 aliphatic heterocycles. The molecule has 5 nitrogen and oxygen atoms in total. The van der Waals surface area contributed by atoms with Crippen LogP contribution in [0.2, 0.25) is 0 Å². The average molecular weight is 413 g/mol. The minimum atomic E-state index is -0.227. The Kier molecular flexibility index (Phi) is 5.28. The standard InChI is InChI=1S/C26H28N4O/c1-20-6-5-14-27-23(20)19-29-15-11-26(12-16-29)13-17-30(25(26)31)24-10-9-22(18-28-24)21-7-3-2-4-8-21/h2-10,14,18H,11-13,15-17,19H2,1H3. The van der Waals surface area contributed by atoms with E-state index in [0.29, 0.717) is 0 Å². The Morgan fingerprint density at radius 2 is 1.65 bits per heavy atom. The molecule has 2 fully saturated rings. The van der Waals surface area contributed by atoms with Crippen molar-refractivity contribution < 1.29 is 4.79 Å². The molecule has 5 heteroatoms. The van der Waals surface area contributed by atoms with Crippen LogP contribution >= 0.6 is 0 Å². The van der Waals surface area contributed by atoms with Crippen molar-refractivity contribution in [3.8, 4) is 11.1 Å². The van der Waals surface area contributed by atoms with Gasteiger partial charge in [0.25, 0.3) is 0 Å². The highest BCUT2D eigenvalue weighted by molar-refractivity contribution is 5.99. The third kappa shape index (κ3) is 3.86. The summed E-state index contributed by atoms with van der Waals surface area (Å²) in [5, 5.41) is 0. The van der Waals surface area contributed by atoms with Crippen molar-refractivity contribution in [3.05, 3.63) is 78.2 Å². The van der Waals surface area contributed by atoms with Crippen molar-refractivity contribution in [2.45, 2.75) is 32.7 Å². The lowest BCUT2D eigenvalue weighted by Gasteiger charge is -2.37. The van der Waals surface area contributed by atoms with Crippen LogP contribution in [0.3, 0.4) is 0 Å². The van der Waals surface area contributed by atoms with Crippen LogP contribution in [0.25, 0.3) is 11.1 Å². The third-order valence-electron chi connectivity index (χ3n) is 6.95. The van der Waals surface area contributed by atoms with E-state index in [1.807, 2.05) is 47.6 Å². The first-order chi connectivity index (χ1) is 15.1. The molecule has 0 radical (unpaired) electrons. The van der Waals surface area contributed by atoms with E-state index < -0.39 is 0 Å². The Morgan fingerprint density at radius 3 is 2.35 bits per heavy atom. The molecule has 0 aliphatic carbocycles. The smallest absolute Gasteiger partial charge is 0.234 e. The summed E-state index contributed by atoms with van der Waals surface area (Å²) in [6.07, 6.45) is 6.49. The second-order valence-corrected chi connectivity index (χ2v) is 8.80. The Hall–Kier alpha value is -3.05. The number of hydrogen-bond acceptors (Lipinski definition) is 4. The summed E-state index contributed by atoms with van der Waals surface area (Å²) in [6, 6.07) is 18.4.